The number of anilines is 1. The van der Waals surface area contributed by atoms with Crippen LogP contribution in [0, 0.1) is 17.7 Å². The molecule has 3 aliphatic rings. The standard InChI is InChI=1S/C21H23FN4O4/c1-23-16-4-2-3-11-8-25(9-14(11)16)20-15(22)7-13-18(27)17(30-21(28)29)10-26(12-5-6-12)19(13)24-20/h2,4,7,10-12,14,16,23H,3,5-6,8-9H2,1H3,(H,28,29). The summed E-state index contributed by atoms with van der Waals surface area (Å²) in [5.41, 5.74) is -0.299. The van der Waals surface area contributed by atoms with Gasteiger partial charge in [0.2, 0.25) is 5.43 Å². The first-order chi connectivity index (χ1) is 14.5. The largest absolute Gasteiger partial charge is 0.511 e. The normalized spacial score (nSPS) is 25.5. The molecule has 0 amide bonds. The van der Waals surface area contributed by atoms with Crippen molar-refractivity contribution in [2.75, 3.05) is 25.0 Å². The molecule has 3 atom stereocenters. The molecule has 9 heteroatoms. The van der Waals surface area contributed by atoms with Crippen LogP contribution in [0.1, 0.15) is 25.3 Å². The third-order valence-corrected chi connectivity index (χ3v) is 6.41. The molecule has 1 aliphatic heterocycles. The number of pyridine rings is 2. The molecular weight excluding hydrogens is 391 g/mol. The van der Waals surface area contributed by atoms with Gasteiger partial charge in [-0.05, 0) is 38.3 Å². The molecule has 3 heterocycles. The second kappa shape index (κ2) is 7.09. The summed E-state index contributed by atoms with van der Waals surface area (Å²) < 4.78 is 21.5. The van der Waals surface area contributed by atoms with Crippen LogP contribution in [-0.2, 0) is 0 Å². The number of halogens is 1. The minimum absolute atomic E-state index is 0.0354. The van der Waals surface area contributed by atoms with E-state index in [9.17, 15) is 9.59 Å². The van der Waals surface area contributed by atoms with Gasteiger partial charge in [0.25, 0.3) is 0 Å². The minimum atomic E-state index is -1.58. The molecule has 2 aromatic rings. The molecule has 2 aromatic heterocycles. The van der Waals surface area contributed by atoms with Crippen LogP contribution in [0.5, 0.6) is 5.75 Å². The number of nitrogens with zero attached hydrogens (tertiary/aromatic N) is 3. The Morgan fingerprint density at radius 2 is 2.17 bits per heavy atom. The van der Waals surface area contributed by atoms with Crippen LogP contribution in [0.15, 0.2) is 29.2 Å². The molecule has 0 spiro atoms. The highest BCUT2D eigenvalue weighted by molar-refractivity contribution is 5.80. The zero-order valence-corrected chi connectivity index (χ0v) is 16.5. The molecule has 3 unspecified atom stereocenters. The summed E-state index contributed by atoms with van der Waals surface area (Å²) >= 11 is 0. The number of nitrogens with one attached hydrogen (secondary N) is 1. The van der Waals surface area contributed by atoms with Crippen LogP contribution >= 0.6 is 0 Å². The van der Waals surface area contributed by atoms with Crippen LogP contribution in [0.2, 0.25) is 0 Å². The fourth-order valence-corrected chi connectivity index (χ4v) is 4.81. The Bertz CT molecular complexity index is 1110. The van der Waals surface area contributed by atoms with E-state index in [1.807, 2.05) is 11.9 Å². The van der Waals surface area contributed by atoms with E-state index in [2.05, 4.69) is 27.2 Å². The number of likely N-dealkylation sites (N-methyl/N-ethyl adjacent to an activating group) is 1. The van der Waals surface area contributed by atoms with Crippen molar-refractivity contribution >= 4 is 23.0 Å². The molecule has 158 valence electrons. The zero-order chi connectivity index (χ0) is 21.0. The molecule has 8 nitrogen and oxygen atoms in total. The molecule has 1 saturated carbocycles. The zero-order valence-electron chi connectivity index (χ0n) is 16.5. The lowest BCUT2D eigenvalue weighted by Crippen LogP contribution is -2.38. The lowest BCUT2D eigenvalue weighted by molar-refractivity contribution is 0.143. The second-order valence-corrected chi connectivity index (χ2v) is 8.30. The van der Waals surface area contributed by atoms with Gasteiger partial charge in [0.05, 0.1) is 11.6 Å². The van der Waals surface area contributed by atoms with Crippen molar-refractivity contribution in [1.29, 1.82) is 0 Å². The maximum Gasteiger partial charge on any atom is 0.511 e. The number of allylic oxidation sites excluding steroid dienone is 1. The average Bonchev–Trinajstić information content (AvgIpc) is 3.47. The maximum atomic E-state index is 15.1. The van der Waals surface area contributed by atoms with Crippen LogP contribution in [0.3, 0.4) is 0 Å². The first-order valence-electron chi connectivity index (χ1n) is 10.2. The Balaban J connectivity index is 1.58. The van der Waals surface area contributed by atoms with Gasteiger partial charge in [0.15, 0.2) is 17.4 Å². The van der Waals surface area contributed by atoms with Gasteiger partial charge in [0, 0.05) is 31.1 Å². The molecule has 2 aliphatic carbocycles. The van der Waals surface area contributed by atoms with Gasteiger partial charge in [-0.3, -0.25) is 4.79 Å². The first-order valence-corrected chi connectivity index (χ1v) is 10.2. The Labute approximate surface area is 172 Å². The molecule has 0 aromatic carbocycles. The molecule has 2 fully saturated rings. The highest BCUT2D eigenvalue weighted by Gasteiger charge is 2.39. The summed E-state index contributed by atoms with van der Waals surface area (Å²) in [6, 6.07) is 1.52. The van der Waals surface area contributed by atoms with E-state index in [0.29, 0.717) is 30.6 Å². The van der Waals surface area contributed by atoms with Gasteiger partial charge in [-0.25, -0.2) is 14.2 Å². The van der Waals surface area contributed by atoms with Crippen molar-refractivity contribution in [1.82, 2.24) is 14.9 Å². The van der Waals surface area contributed by atoms with Gasteiger partial charge in [-0.1, -0.05) is 12.2 Å². The van der Waals surface area contributed by atoms with E-state index < -0.39 is 17.4 Å². The van der Waals surface area contributed by atoms with Gasteiger partial charge in [0.1, 0.15) is 5.65 Å². The number of carbonyl (C=O) groups is 1. The minimum Gasteiger partial charge on any atom is -0.449 e. The second-order valence-electron chi connectivity index (χ2n) is 8.30. The third kappa shape index (κ3) is 3.13. The van der Waals surface area contributed by atoms with E-state index in [1.165, 1.54) is 12.3 Å². The van der Waals surface area contributed by atoms with Gasteiger partial charge < -0.3 is 24.6 Å². The Morgan fingerprint density at radius 3 is 2.87 bits per heavy atom. The molecule has 0 radical (unpaired) electrons. The van der Waals surface area contributed by atoms with E-state index in [1.54, 1.807) is 4.57 Å². The highest BCUT2D eigenvalue weighted by atomic mass is 19.1. The van der Waals surface area contributed by atoms with E-state index >= 15 is 4.39 Å². The summed E-state index contributed by atoms with van der Waals surface area (Å²) in [4.78, 5) is 30.2. The van der Waals surface area contributed by atoms with Crippen molar-refractivity contribution in [3.05, 3.63) is 40.5 Å². The SMILES string of the molecule is CNC1C=CCC2CN(c3nc4c(cc3F)c(=O)c(OC(=O)O)cn4C3CC3)CC21. The number of hydrogen-bond donors (Lipinski definition) is 2. The fraction of sp³-hybridized carbons (Fsp3) is 0.476. The predicted octanol–water partition coefficient (Wildman–Crippen LogP) is 2.53. The topological polar surface area (TPSA) is 96.7 Å². The lowest BCUT2D eigenvalue weighted by atomic mass is 9.82. The number of fused-ring (bicyclic) bond motifs is 2. The molecule has 30 heavy (non-hydrogen) atoms. The van der Waals surface area contributed by atoms with Crippen LogP contribution in [-0.4, -0.2) is 47.0 Å². The third-order valence-electron chi connectivity index (χ3n) is 6.41. The Kier molecular flexibility index (Phi) is 4.50. The smallest absolute Gasteiger partial charge is 0.449 e. The molecule has 0 bridgehead atoms. The Hall–Kier alpha value is -2.94. The van der Waals surface area contributed by atoms with Gasteiger partial charge in [-0.2, -0.15) is 0 Å². The molecule has 2 N–H and O–H groups in total. The summed E-state index contributed by atoms with van der Waals surface area (Å²) in [5.74, 6) is 0.121. The molecular formula is C21H23FN4O4. The number of rotatable bonds is 4. The number of ether oxygens (including phenoxy) is 1. The predicted molar refractivity (Wildman–Crippen MR) is 109 cm³/mol. The lowest BCUT2D eigenvalue weighted by Gasteiger charge is -2.28. The average molecular weight is 414 g/mol. The summed E-state index contributed by atoms with van der Waals surface area (Å²) in [7, 11) is 1.93. The monoisotopic (exact) mass is 414 g/mol. The molecule has 5 rings (SSSR count). The van der Waals surface area contributed by atoms with Crippen molar-refractivity contribution in [2.45, 2.75) is 31.3 Å². The van der Waals surface area contributed by atoms with Crippen LogP contribution in [0.25, 0.3) is 11.0 Å². The Morgan fingerprint density at radius 1 is 1.37 bits per heavy atom. The number of hydrogen-bond acceptors (Lipinski definition) is 6. The van der Waals surface area contributed by atoms with Crippen molar-refractivity contribution in [3.8, 4) is 5.75 Å². The summed E-state index contributed by atoms with van der Waals surface area (Å²) in [6.07, 6.45) is 6.89. The summed E-state index contributed by atoms with van der Waals surface area (Å²) in [6.45, 7) is 1.39. The van der Waals surface area contributed by atoms with Gasteiger partial charge in [-0.15, -0.1) is 0 Å². The maximum absolute atomic E-state index is 15.1. The van der Waals surface area contributed by atoms with E-state index in [4.69, 9.17) is 5.11 Å². The quantitative estimate of drug-likeness (QED) is 0.586. The fourth-order valence-electron chi connectivity index (χ4n) is 4.81. The van der Waals surface area contributed by atoms with Crippen molar-refractivity contribution in [2.24, 2.45) is 11.8 Å². The number of aromatic nitrogens is 2. The van der Waals surface area contributed by atoms with Crippen molar-refractivity contribution < 1.29 is 19.0 Å². The highest BCUT2D eigenvalue weighted by Crippen LogP contribution is 2.39. The van der Waals surface area contributed by atoms with Crippen LogP contribution in [0.4, 0.5) is 15.0 Å². The number of carboxylic acid groups (broad SMARTS) is 1. The van der Waals surface area contributed by atoms with Crippen LogP contribution < -0.4 is 20.4 Å². The van der Waals surface area contributed by atoms with Crippen molar-refractivity contribution in [3.63, 3.8) is 0 Å². The molecule has 1 saturated heterocycles. The van der Waals surface area contributed by atoms with E-state index in [-0.39, 0.29) is 29.0 Å². The van der Waals surface area contributed by atoms with Gasteiger partial charge >= 0.3 is 6.16 Å². The van der Waals surface area contributed by atoms with E-state index in [0.717, 1.165) is 19.3 Å². The summed E-state index contributed by atoms with van der Waals surface area (Å²) in [5, 5.41) is 12.3. The first kappa shape index (κ1) is 19.0.